The quantitative estimate of drug-likeness (QED) is 0.842. The van der Waals surface area contributed by atoms with Crippen LogP contribution >= 0.6 is 23.7 Å². The molecule has 0 aliphatic rings. The van der Waals surface area contributed by atoms with Crippen LogP contribution in [0.15, 0.2) is 23.6 Å². The van der Waals surface area contributed by atoms with Crippen LogP contribution in [-0.4, -0.2) is 24.6 Å². The molecule has 1 amide bonds. The maximum absolute atomic E-state index is 12.1. The van der Waals surface area contributed by atoms with Gasteiger partial charge in [0.05, 0.1) is 13.7 Å². The Morgan fingerprint density at radius 1 is 1.41 bits per heavy atom. The molecular formula is C14H18ClN3O3S. The summed E-state index contributed by atoms with van der Waals surface area (Å²) in [5.41, 5.74) is 6.45. The van der Waals surface area contributed by atoms with Gasteiger partial charge in [-0.1, -0.05) is 0 Å². The number of anilines is 1. The Kier molecular flexibility index (Phi) is 7.10. The van der Waals surface area contributed by atoms with E-state index in [4.69, 9.17) is 15.2 Å². The molecule has 22 heavy (non-hydrogen) atoms. The molecule has 0 saturated heterocycles. The molecule has 8 heteroatoms. The average Bonchev–Trinajstić information content (AvgIpc) is 2.98. The predicted molar refractivity (Wildman–Crippen MR) is 89.4 cm³/mol. The van der Waals surface area contributed by atoms with Crippen LogP contribution in [0.4, 0.5) is 5.69 Å². The molecule has 0 bridgehead atoms. The van der Waals surface area contributed by atoms with Crippen LogP contribution in [-0.2, 0) is 6.54 Å². The van der Waals surface area contributed by atoms with Crippen molar-refractivity contribution in [3.8, 4) is 11.5 Å². The number of thiazole rings is 1. The van der Waals surface area contributed by atoms with Crippen LogP contribution in [0.2, 0.25) is 0 Å². The molecular weight excluding hydrogens is 326 g/mol. The number of rotatable bonds is 6. The molecule has 3 N–H and O–H groups in total. The van der Waals surface area contributed by atoms with Crippen molar-refractivity contribution in [3.05, 3.63) is 34.3 Å². The van der Waals surface area contributed by atoms with Crippen molar-refractivity contribution in [2.45, 2.75) is 13.5 Å². The summed E-state index contributed by atoms with van der Waals surface area (Å²) in [7, 11) is 1.55. The molecule has 1 heterocycles. The third-order valence-corrected chi connectivity index (χ3v) is 3.55. The van der Waals surface area contributed by atoms with E-state index in [1.807, 2.05) is 6.92 Å². The summed E-state index contributed by atoms with van der Waals surface area (Å²) in [6.07, 6.45) is 0. The Balaban J connectivity index is 0.00000242. The number of ether oxygens (including phenoxy) is 2. The normalized spacial score (nSPS) is 9.77. The Morgan fingerprint density at radius 2 is 2.18 bits per heavy atom. The second-order valence-corrected chi connectivity index (χ2v) is 5.03. The number of methoxy groups -OCH3 is 1. The van der Waals surface area contributed by atoms with E-state index in [0.717, 1.165) is 5.01 Å². The summed E-state index contributed by atoms with van der Waals surface area (Å²) in [4.78, 5) is 16.2. The molecule has 0 aliphatic heterocycles. The minimum Gasteiger partial charge on any atom is -0.493 e. The molecule has 0 unspecified atom stereocenters. The average molecular weight is 344 g/mol. The monoisotopic (exact) mass is 343 g/mol. The highest BCUT2D eigenvalue weighted by molar-refractivity contribution is 7.09. The molecule has 120 valence electrons. The highest BCUT2D eigenvalue weighted by atomic mass is 35.5. The Labute approximate surface area is 139 Å². The van der Waals surface area contributed by atoms with Crippen molar-refractivity contribution in [2.75, 3.05) is 19.0 Å². The van der Waals surface area contributed by atoms with E-state index in [0.29, 0.717) is 36.0 Å². The summed E-state index contributed by atoms with van der Waals surface area (Å²) in [5.74, 6) is 0.921. The smallest absolute Gasteiger partial charge is 0.275 e. The fraction of sp³-hybridized carbons (Fsp3) is 0.286. The van der Waals surface area contributed by atoms with E-state index in [9.17, 15) is 4.79 Å². The zero-order chi connectivity index (χ0) is 15.2. The lowest BCUT2D eigenvalue weighted by atomic mass is 10.2. The molecule has 0 saturated carbocycles. The van der Waals surface area contributed by atoms with Crippen LogP contribution in [0.3, 0.4) is 0 Å². The largest absolute Gasteiger partial charge is 0.493 e. The number of aromatic nitrogens is 1. The van der Waals surface area contributed by atoms with E-state index < -0.39 is 0 Å². The Hall–Kier alpha value is -1.83. The maximum atomic E-state index is 12.1. The van der Waals surface area contributed by atoms with Gasteiger partial charge in [0, 0.05) is 23.7 Å². The fourth-order valence-electron chi connectivity index (χ4n) is 1.72. The maximum Gasteiger partial charge on any atom is 0.275 e. The van der Waals surface area contributed by atoms with Gasteiger partial charge in [0.15, 0.2) is 11.5 Å². The lowest BCUT2D eigenvalue weighted by Gasteiger charge is -2.11. The highest BCUT2D eigenvalue weighted by Crippen LogP contribution is 2.30. The van der Waals surface area contributed by atoms with E-state index in [1.54, 1.807) is 30.7 Å². The van der Waals surface area contributed by atoms with E-state index in [1.165, 1.54) is 11.3 Å². The van der Waals surface area contributed by atoms with Gasteiger partial charge in [0.1, 0.15) is 10.7 Å². The second-order valence-electron chi connectivity index (χ2n) is 4.08. The van der Waals surface area contributed by atoms with Gasteiger partial charge in [-0.25, -0.2) is 4.98 Å². The summed E-state index contributed by atoms with van der Waals surface area (Å²) in [6, 6.07) is 5.21. The lowest BCUT2D eigenvalue weighted by Crippen LogP contribution is -2.13. The number of carbonyl (C=O) groups excluding carboxylic acids is 1. The van der Waals surface area contributed by atoms with E-state index in [2.05, 4.69) is 10.3 Å². The second kappa shape index (κ2) is 8.57. The van der Waals surface area contributed by atoms with Crippen molar-refractivity contribution in [1.29, 1.82) is 0 Å². The van der Waals surface area contributed by atoms with Gasteiger partial charge in [0.25, 0.3) is 5.91 Å². The van der Waals surface area contributed by atoms with Crippen molar-refractivity contribution in [2.24, 2.45) is 5.73 Å². The van der Waals surface area contributed by atoms with Crippen molar-refractivity contribution < 1.29 is 14.3 Å². The molecule has 1 aromatic carbocycles. The molecule has 0 radical (unpaired) electrons. The first-order valence-corrected chi connectivity index (χ1v) is 7.32. The molecule has 1 aromatic heterocycles. The van der Waals surface area contributed by atoms with Crippen LogP contribution < -0.4 is 20.5 Å². The van der Waals surface area contributed by atoms with Crippen molar-refractivity contribution in [1.82, 2.24) is 4.98 Å². The number of amides is 1. The molecule has 0 fully saturated rings. The van der Waals surface area contributed by atoms with E-state index in [-0.39, 0.29) is 18.3 Å². The molecule has 0 atom stereocenters. The first-order chi connectivity index (χ1) is 10.2. The van der Waals surface area contributed by atoms with Gasteiger partial charge >= 0.3 is 0 Å². The SMILES string of the molecule is CCOc1ccc(NC(=O)c2csc(CN)n2)cc1OC.Cl. The van der Waals surface area contributed by atoms with Gasteiger partial charge < -0.3 is 20.5 Å². The predicted octanol–water partition coefficient (Wildman–Crippen LogP) is 2.68. The number of benzene rings is 1. The topological polar surface area (TPSA) is 86.5 Å². The number of halogens is 1. The van der Waals surface area contributed by atoms with Crippen LogP contribution in [0.5, 0.6) is 11.5 Å². The highest BCUT2D eigenvalue weighted by Gasteiger charge is 2.12. The summed E-state index contributed by atoms with van der Waals surface area (Å²) < 4.78 is 10.7. The van der Waals surface area contributed by atoms with Crippen LogP contribution in [0.25, 0.3) is 0 Å². The first-order valence-electron chi connectivity index (χ1n) is 6.44. The molecule has 0 spiro atoms. The minimum atomic E-state index is -0.280. The van der Waals surface area contributed by atoms with Crippen molar-refractivity contribution >= 4 is 35.3 Å². The van der Waals surface area contributed by atoms with Crippen LogP contribution in [0, 0.1) is 0 Å². The first kappa shape index (κ1) is 18.2. The number of carbonyl (C=O) groups is 1. The number of nitrogens with zero attached hydrogens (tertiary/aromatic N) is 1. The van der Waals surface area contributed by atoms with Gasteiger partial charge in [-0.2, -0.15) is 0 Å². The van der Waals surface area contributed by atoms with Gasteiger partial charge in [-0.05, 0) is 19.1 Å². The lowest BCUT2D eigenvalue weighted by molar-refractivity contribution is 0.102. The number of nitrogens with one attached hydrogen (secondary N) is 1. The number of hydrogen-bond donors (Lipinski definition) is 2. The van der Waals surface area contributed by atoms with Gasteiger partial charge in [0.2, 0.25) is 0 Å². The molecule has 2 rings (SSSR count). The molecule has 6 nitrogen and oxygen atoms in total. The van der Waals surface area contributed by atoms with Crippen LogP contribution in [0.1, 0.15) is 22.4 Å². The zero-order valence-electron chi connectivity index (χ0n) is 12.3. The summed E-state index contributed by atoms with van der Waals surface area (Å²) in [5, 5.41) is 5.18. The third-order valence-electron chi connectivity index (χ3n) is 2.68. The molecule has 0 aliphatic carbocycles. The van der Waals surface area contributed by atoms with E-state index >= 15 is 0 Å². The fourth-order valence-corrected chi connectivity index (χ4v) is 2.38. The van der Waals surface area contributed by atoms with Gasteiger partial charge in [-0.15, -0.1) is 23.7 Å². The Morgan fingerprint density at radius 3 is 2.77 bits per heavy atom. The number of nitrogens with two attached hydrogens (primary N) is 1. The summed E-state index contributed by atoms with van der Waals surface area (Å²) >= 11 is 1.36. The Bertz CT molecular complexity index is 634. The summed E-state index contributed by atoms with van der Waals surface area (Å²) in [6.45, 7) is 2.77. The minimum absolute atomic E-state index is 0. The molecule has 2 aromatic rings. The van der Waals surface area contributed by atoms with Crippen molar-refractivity contribution in [3.63, 3.8) is 0 Å². The van der Waals surface area contributed by atoms with Gasteiger partial charge in [-0.3, -0.25) is 4.79 Å². The standard InChI is InChI=1S/C14H17N3O3S.ClH/c1-3-20-11-5-4-9(6-12(11)19-2)16-14(18)10-8-21-13(7-15)17-10;/h4-6,8H,3,7,15H2,1-2H3,(H,16,18);1H. The zero-order valence-corrected chi connectivity index (χ0v) is 13.9. The third kappa shape index (κ3) is 4.33. The number of hydrogen-bond acceptors (Lipinski definition) is 6.